The first kappa shape index (κ1) is 19.2. The fourth-order valence-corrected chi connectivity index (χ4v) is 3.86. The van der Waals surface area contributed by atoms with Crippen molar-refractivity contribution in [2.24, 2.45) is 0 Å². The molecule has 2 aromatic carbocycles. The highest BCUT2D eigenvalue weighted by molar-refractivity contribution is 5.95. The number of benzene rings is 2. The molecule has 0 aliphatic carbocycles. The highest BCUT2D eigenvalue weighted by atomic mass is 19.1. The molecule has 0 bridgehead atoms. The fourth-order valence-electron chi connectivity index (χ4n) is 3.86. The first-order valence-electron chi connectivity index (χ1n) is 9.99. The Hall–Kier alpha value is -3.81. The van der Waals surface area contributed by atoms with Crippen molar-refractivity contribution < 1.29 is 13.6 Å². The van der Waals surface area contributed by atoms with Gasteiger partial charge in [-0.1, -0.05) is 12.1 Å². The summed E-state index contributed by atoms with van der Waals surface area (Å²) in [6.07, 6.45) is 1.75. The van der Waals surface area contributed by atoms with Gasteiger partial charge in [0, 0.05) is 43.5 Å². The number of carbonyl (C=O) groups is 1. The number of hydrogen-bond donors (Lipinski definition) is 0. The Morgan fingerprint density at radius 2 is 1.61 bits per heavy atom. The van der Waals surface area contributed by atoms with Crippen molar-refractivity contribution in [3.05, 3.63) is 84.1 Å². The smallest absolute Gasteiger partial charge is 0.254 e. The minimum atomic E-state index is -0.319. The number of amides is 1. The quantitative estimate of drug-likeness (QED) is 0.509. The fraction of sp³-hybridized carbons (Fsp3) is 0.174. The second-order valence-corrected chi connectivity index (χ2v) is 7.40. The molecule has 156 valence electrons. The molecule has 0 saturated carbocycles. The summed E-state index contributed by atoms with van der Waals surface area (Å²) in [5.74, 6) is -0.0911. The van der Waals surface area contributed by atoms with E-state index >= 15 is 0 Å². The predicted molar refractivity (Wildman–Crippen MR) is 113 cm³/mol. The van der Waals surface area contributed by atoms with Crippen molar-refractivity contribution in [2.45, 2.75) is 0 Å². The molecule has 5 rings (SSSR count). The molecular formula is C23H19F2N5O. The topological polar surface area (TPSA) is 53.7 Å². The molecule has 1 aliphatic heterocycles. The molecule has 3 heterocycles. The second-order valence-electron chi connectivity index (χ2n) is 7.40. The van der Waals surface area contributed by atoms with E-state index in [1.54, 1.807) is 51.9 Å². The predicted octanol–water partition coefficient (Wildman–Crippen LogP) is 3.64. The third kappa shape index (κ3) is 3.61. The van der Waals surface area contributed by atoms with Gasteiger partial charge < -0.3 is 9.80 Å². The van der Waals surface area contributed by atoms with Crippen LogP contribution in [-0.2, 0) is 0 Å². The molecule has 0 spiro atoms. The summed E-state index contributed by atoms with van der Waals surface area (Å²) in [5.41, 5.74) is 2.35. The molecule has 0 atom stereocenters. The van der Waals surface area contributed by atoms with Crippen molar-refractivity contribution in [3.8, 4) is 11.4 Å². The number of anilines is 1. The highest BCUT2D eigenvalue weighted by Gasteiger charge is 2.24. The van der Waals surface area contributed by atoms with E-state index in [0.717, 1.165) is 5.56 Å². The van der Waals surface area contributed by atoms with Gasteiger partial charge in [-0.2, -0.15) is 0 Å². The zero-order chi connectivity index (χ0) is 21.4. The summed E-state index contributed by atoms with van der Waals surface area (Å²) in [7, 11) is 0. The van der Waals surface area contributed by atoms with Gasteiger partial charge in [0.15, 0.2) is 11.5 Å². The largest absolute Gasteiger partial charge is 0.366 e. The number of para-hydroxylation sites is 1. The van der Waals surface area contributed by atoms with Crippen molar-refractivity contribution in [1.29, 1.82) is 0 Å². The normalized spacial score (nSPS) is 14.3. The van der Waals surface area contributed by atoms with Gasteiger partial charge in [-0.15, -0.1) is 10.2 Å². The lowest BCUT2D eigenvalue weighted by Crippen LogP contribution is -2.49. The highest BCUT2D eigenvalue weighted by Crippen LogP contribution is 2.22. The molecule has 0 radical (unpaired) electrons. The van der Waals surface area contributed by atoms with Crippen molar-refractivity contribution in [2.75, 3.05) is 31.1 Å². The van der Waals surface area contributed by atoms with Gasteiger partial charge >= 0.3 is 0 Å². The van der Waals surface area contributed by atoms with E-state index in [9.17, 15) is 13.6 Å². The van der Waals surface area contributed by atoms with E-state index in [0.29, 0.717) is 48.9 Å². The average Bonchev–Trinajstić information content (AvgIpc) is 3.23. The maximum absolute atomic E-state index is 14.0. The molecule has 8 heteroatoms. The van der Waals surface area contributed by atoms with Crippen molar-refractivity contribution >= 4 is 17.2 Å². The first-order chi connectivity index (χ1) is 15.1. The van der Waals surface area contributed by atoms with Gasteiger partial charge in [0.25, 0.3) is 5.91 Å². The zero-order valence-corrected chi connectivity index (χ0v) is 16.6. The van der Waals surface area contributed by atoms with Crippen LogP contribution in [0, 0.1) is 11.6 Å². The van der Waals surface area contributed by atoms with Crippen molar-refractivity contribution in [1.82, 2.24) is 19.5 Å². The van der Waals surface area contributed by atoms with Crippen LogP contribution >= 0.6 is 0 Å². The van der Waals surface area contributed by atoms with Crippen LogP contribution in [0.4, 0.5) is 14.5 Å². The Kier molecular flexibility index (Phi) is 4.82. The number of hydrogen-bond acceptors (Lipinski definition) is 4. The van der Waals surface area contributed by atoms with Crippen LogP contribution in [0.3, 0.4) is 0 Å². The van der Waals surface area contributed by atoms with E-state index in [-0.39, 0.29) is 17.5 Å². The van der Waals surface area contributed by atoms with Gasteiger partial charge in [-0.3, -0.25) is 9.20 Å². The van der Waals surface area contributed by atoms with Crippen LogP contribution in [0.25, 0.3) is 17.0 Å². The summed E-state index contributed by atoms with van der Waals surface area (Å²) in [5, 5.41) is 8.35. The second kappa shape index (κ2) is 7.79. The van der Waals surface area contributed by atoms with E-state index in [2.05, 4.69) is 10.2 Å². The molecule has 1 aliphatic rings. The summed E-state index contributed by atoms with van der Waals surface area (Å²) in [4.78, 5) is 16.7. The van der Waals surface area contributed by atoms with Crippen molar-refractivity contribution in [3.63, 3.8) is 0 Å². The summed E-state index contributed by atoms with van der Waals surface area (Å²) >= 11 is 0. The van der Waals surface area contributed by atoms with Crippen LogP contribution in [0.15, 0.2) is 66.9 Å². The lowest BCUT2D eigenvalue weighted by molar-refractivity contribution is 0.0746. The maximum Gasteiger partial charge on any atom is 0.254 e. The first-order valence-corrected chi connectivity index (χ1v) is 9.99. The number of pyridine rings is 1. The van der Waals surface area contributed by atoms with E-state index < -0.39 is 0 Å². The van der Waals surface area contributed by atoms with Gasteiger partial charge in [0.05, 0.1) is 5.69 Å². The molecule has 1 fully saturated rings. The number of fused-ring (bicyclic) bond motifs is 1. The van der Waals surface area contributed by atoms with E-state index in [1.807, 2.05) is 11.0 Å². The lowest BCUT2D eigenvalue weighted by Gasteiger charge is -2.36. The van der Waals surface area contributed by atoms with Gasteiger partial charge in [-0.25, -0.2) is 8.78 Å². The van der Waals surface area contributed by atoms with Crippen LogP contribution < -0.4 is 4.90 Å². The Bertz CT molecular complexity index is 1250. The number of nitrogens with zero attached hydrogens (tertiary/aromatic N) is 5. The summed E-state index contributed by atoms with van der Waals surface area (Å²) in [6.45, 7) is 2.14. The average molecular weight is 419 g/mol. The van der Waals surface area contributed by atoms with Gasteiger partial charge in [0.1, 0.15) is 11.6 Å². The molecule has 6 nitrogen and oxygen atoms in total. The molecule has 1 amide bonds. The molecule has 0 N–H and O–H groups in total. The molecule has 4 aromatic rings. The molecule has 2 aromatic heterocycles. The minimum Gasteiger partial charge on any atom is -0.366 e. The Morgan fingerprint density at radius 3 is 2.35 bits per heavy atom. The van der Waals surface area contributed by atoms with E-state index in [4.69, 9.17) is 0 Å². The molecule has 0 unspecified atom stereocenters. The van der Waals surface area contributed by atoms with Crippen LogP contribution in [0.5, 0.6) is 0 Å². The third-order valence-electron chi connectivity index (χ3n) is 5.52. The van der Waals surface area contributed by atoms with Crippen LogP contribution in [0.2, 0.25) is 0 Å². The standard InChI is InChI=1S/C23H19F2N5O/c24-18-7-5-16(6-8-18)22-27-26-21-15-17(9-10-30(21)22)23(31)29-13-11-28(12-14-29)20-4-2-1-3-19(20)25/h1-10,15H,11-14H2. The van der Waals surface area contributed by atoms with E-state index in [1.165, 1.54) is 18.2 Å². The summed E-state index contributed by atoms with van der Waals surface area (Å²) in [6, 6.07) is 16.1. The Morgan fingerprint density at radius 1 is 0.871 bits per heavy atom. The lowest BCUT2D eigenvalue weighted by atomic mass is 10.2. The monoisotopic (exact) mass is 419 g/mol. The zero-order valence-electron chi connectivity index (χ0n) is 16.6. The van der Waals surface area contributed by atoms with Crippen LogP contribution in [-0.4, -0.2) is 51.6 Å². The molecular weight excluding hydrogens is 400 g/mol. The van der Waals surface area contributed by atoms with Crippen LogP contribution in [0.1, 0.15) is 10.4 Å². The number of rotatable bonds is 3. The Labute approximate surface area is 177 Å². The SMILES string of the molecule is O=C(c1ccn2c(-c3ccc(F)cc3)nnc2c1)N1CCN(c2ccccc2F)CC1. The van der Waals surface area contributed by atoms with Gasteiger partial charge in [0.2, 0.25) is 0 Å². The number of aromatic nitrogens is 3. The number of carbonyl (C=O) groups excluding carboxylic acids is 1. The maximum atomic E-state index is 14.0. The number of piperazine rings is 1. The minimum absolute atomic E-state index is 0.0954. The molecule has 31 heavy (non-hydrogen) atoms. The Balaban J connectivity index is 1.32. The molecule has 1 saturated heterocycles. The summed E-state index contributed by atoms with van der Waals surface area (Å²) < 4.78 is 29.0. The third-order valence-corrected chi connectivity index (χ3v) is 5.52. The van der Waals surface area contributed by atoms with Gasteiger partial charge in [-0.05, 0) is 48.5 Å². The number of halogens is 2.